The predicted molar refractivity (Wildman–Crippen MR) is 84.4 cm³/mol. The van der Waals surface area contributed by atoms with Crippen molar-refractivity contribution in [2.75, 3.05) is 14.2 Å². The average Bonchev–Trinajstić information content (AvgIpc) is 2.47. The van der Waals surface area contributed by atoms with Crippen LogP contribution >= 0.6 is 11.8 Å². The van der Waals surface area contributed by atoms with Crippen molar-refractivity contribution in [1.29, 1.82) is 0 Å². The van der Waals surface area contributed by atoms with E-state index in [1.54, 1.807) is 14.2 Å². The summed E-state index contributed by atoms with van der Waals surface area (Å²) in [7, 11) is 3.46. The van der Waals surface area contributed by atoms with Gasteiger partial charge in [0.2, 0.25) is 0 Å². The monoisotopic (exact) mass is 291 g/mol. The summed E-state index contributed by atoms with van der Waals surface area (Å²) in [5, 5.41) is 0.332. The second kappa shape index (κ2) is 6.95. The zero-order valence-electron chi connectivity index (χ0n) is 12.4. The first-order valence-electron chi connectivity index (χ1n) is 6.65. The van der Waals surface area contributed by atoms with Crippen LogP contribution in [-0.2, 0) is 10.5 Å². The van der Waals surface area contributed by atoms with Crippen LogP contribution in [0.15, 0.2) is 30.5 Å². The largest absolute Gasteiger partial charge is 0.496 e. The third-order valence-corrected chi connectivity index (χ3v) is 4.72. The quantitative estimate of drug-likeness (QED) is 0.831. The van der Waals surface area contributed by atoms with E-state index in [0.29, 0.717) is 5.25 Å². The fourth-order valence-electron chi connectivity index (χ4n) is 2.32. The number of methoxy groups -OCH3 is 2. The number of hydrogen-bond acceptors (Lipinski definition) is 4. The first-order valence-corrected chi connectivity index (χ1v) is 7.70. The standard InChI is InChI=1S/C16H21NO2S/c1-11-9-17-13(12(2)16(11)19-4)10-20-15-8-6-5-7-14(15)18-3/h5-9,14-15H,10H2,1-4H3. The van der Waals surface area contributed by atoms with Crippen LogP contribution in [0.5, 0.6) is 5.75 Å². The summed E-state index contributed by atoms with van der Waals surface area (Å²) >= 11 is 1.84. The highest BCUT2D eigenvalue weighted by molar-refractivity contribution is 7.99. The second-order valence-electron chi connectivity index (χ2n) is 4.79. The summed E-state index contributed by atoms with van der Waals surface area (Å²) in [5.41, 5.74) is 3.29. The molecule has 0 aliphatic heterocycles. The average molecular weight is 291 g/mol. The Balaban J connectivity index is 2.08. The van der Waals surface area contributed by atoms with Gasteiger partial charge in [-0.25, -0.2) is 0 Å². The molecule has 0 aromatic carbocycles. The molecule has 0 radical (unpaired) electrons. The highest BCUT2D eigenvalue weighted by atomic mass is 32.2. The number of rotatable bonds is 5. The summed E-state index contributed by atoms with van der Waals surface area (Å²) < 4.78 is 10.9. The van der Waals surface area contributed by atoms with Crippen molar-refractivity contribution in [2.45, 2.75) is 31.0 Å². The fourth-order valence-corrected chi connectivity index (χ4v) is 3.56. The molecule has 0 bridgehead atoms. The highest BCUT2D eigenvalue weighted by Gasteiger charge is 2.19. The van der Waals surface area contributed by atoms with Crippen molar-refractivity contribution in [1.82, 2.24) is 4.98 Å². The van der Waals surface area contributed by atoms with E-state index in [2.05, 4.69) is 30.1 Å². The normalized spacial score (nSPS) is 21.2. The van der Waals surface area contributed by atoms with Crippen molar-refractivity contribution >= 4 is 11.8 Å². The molecule has 0 saturated carbocycles. The number of thioether (sulfide) groups is 1. The number of nitrogens with zero attached hydrogens (tertiary/aromatic N) is 1. The minimum Gasteiger partial charge on any atom is -0.496 e. The Labute approximate surface area is 125 Å². The van der Waals surface area contributed by atoms with Crippen LogP contribution in [0.1, 0.15) is 16.8 Å². The molecule has 20 heavy (non-hydrogen) atoms. The molecule has 3 nitrogen and oxygen atoms in total. The number of pyridine rings is 1. The van der Waals surface area contributed by atoms with E-state index < -0.39 is 0 Å². The number of aryl methyl sites for hydroxylation is 1. The van der Waals surface area contributed by atoms with Gasteiger partial charge in [0.05, 0.1) is 24.2 Å². The predicted octanol–water partition coefficient (Wildman–Crippen LogP) is 3.45. The van der Waals surface area contributed by atoms with Gasteiger partial charge in [-0.15, -0.1) is 11.8 Å². The summed E-state index contributed by atoms with van der Waals surface area (Å²) in [6.45, 7) is 4.09. The van der Waals surface area contributed by atoms with Gasteiger partial charge in [0, 0.05) is 30.2 Å². The zero-order chi connectivity index (χ0) is 14.5. The van der Waals surface area contributed by atoms with Gasteiger partial charge >= 0.3 is 0 Å². The van der Waals surface area contributed by atoms with Crippen molar-refractivity contribution in [3.8, 4) is 5.75 Å². The minimum atomic E-state index is 0.137. The molecule has 0 amide bonds. The Morgan fingerprint density at radius 1 is 1.20 bits per heavy atom. The molecule has 0 saturated heterocycles. The summed E-state index contributed by atoms with van der Waals surface area (Å²) in [6.07, 6.45) is 10.4. The van der Waals surface area contributed by atoms with E-state index >= 15 is 0 Å². The molecule has 1 aliphatic rings. The lowest BCUT2D eigenvalue weighted by Crippen LogP contribution is -2.23. The van der Waals surface area contributed by atoms with Crippen LogP contribution < -0.4 is 4.74 Å². The minimum absolute atomic E-state index is 0.137. The van der Waals surface area contributed by atoms with E-state index in [-0.39, 0.29) is 6.10 Å². The van der Waals surface area contributed by atoms with Gasteiger partial charge in [-0.3, -0.25) is 4.98 Å². The fraction of sp³-hybridized carbons (Fsp3) is 0.438. The Morgan fingerprint density at radius 2 is 1.95 bits per heavy atom. The molecule has 2 atom stereocenters. The van der Waals surface area contributed by atoms with Gasteiger partial charge in [-0.2, -0.15) is 0 Å². The molecule has 2 rings (SSSR count). The number of ether oxygens (including phenoxy) is 2. The lowest BCUT2D eigenvalue weighted by atomic mass is 10.1. The van der Waals surface area contributed by atoms with Crippen LogP contribution in [0, 0.1) is 13.8 Å². The topological polar surface area (TPSA) is 31.4 Å². The SMILES string of the molecule is COc1c(C)cnc(CSC2C=CC=CC2OC)c1C. The van der Waals surface area contributed by atoms with Crippen LogP contribution in [0.3, 0.4) is 0 Å². The molecular weight excluding hydrogens is 270 g/mol. The third-order valence-electron chi connectivity index (χ3n) is 3.47. The molecule has 108 valence electrons. The maximum absolute atomic E-state index is 5.48. The van der Waals surface area contributed by atoms with Gasteiger partial charge in [0.1, 0.15) is 5.75 Å². The second-order valence-corrected chi connectivity index (χ2v) is 5.96. The first-order chi connectivity index (χ1) is 9.67. The molecule has 0 spiro atoms. The Morgan fingerprint density at radius 3 is 2.65 bits per heavy atom. The molecular formula is C16H21NO2S. The number of aromatic nitrogens is 1. The summed E-state index contributed by atoms with van der Waals surface area (Å²) in [5.74, 6) is 1.79. The molecule has 0 fully saturated rings. The summed E-state index contributed by atoms with van der Waals surface area (Å²) in [4.78, 5) is 4.54. The van der Waals surface area contributed by atoms with Gasteiger partial charge in [-0.1, -0.05) is 24.3 Å². The smallest absolute Gasteiger partial charge is 0.128 e. The van der Waals surface area contributed by atoms with Gasteiger partial charge in [0.15, 0.2) is 0 Å². The molecule has 4 heteroatoms. The Hall–Kier alpha value is -1.26. The third kappa shape index (κ3) is 3.25. The van der Waals surface area contributed by atoms with E-state index in [1.807, 2.05) is 31.0 Å². The Bertz CT molecular complexity index is 525. The number of allylic oxidation sites excluding steroid dienone is 2. The Kier molecular flexibility index (Phi) is 5.26. The van der Waals surface area contributed by atoms with E-state index in [9.17, 15) is 0 Å². The van der Waals surface area contributed by atoms with E-state index in [0.717, 1.165) is 28.3 Å². The van der Waals surface area contributed by atoms with Crippen LogP contribution in [0.25, 0.3) is 0 Å². The zero-order valence-corrected chi connectivity index (χ0v) is 13.2. The van der Waals surface area contributed by atoms with Crippen LogP contribution in [0.2, 0.25) is 0 Å². The molecule has 1 aromatic heterocycles. The van der Waals surface area contributed by atoms with Crippen LogP contribution in [0.4, 0.5) is 0 Å². The maximum Gasteiger partial charge on any atom is 0.128 e. The molecule has 0 N–H and O–H groups in total. The van der Waals surface area contributed by atoms with Crippen molar-refractivity contribution in [2.24, 2.45) is 0 Å². The molecule has 1 aliphatic carbocycles. The van der Waals surface area contributed by atoms with Crippen molar-refractivity contribution < 1.29 is 9.47 Å². The lowest BCUT2D eigenvalue weighted by Gasteiger charge is -2.22. The molecule has 1 aromatic rings. The van der Waals surface area contributed by atoms with Crippen molar-refractivity contribution in [3.05, 3.63) is 47.3 Å². The van der Waals surface area contributed by atoms with Gasteiger partial charge in [-0.05, 0) is 13.8 Å². The van der Waals surface area contributed by atoms with Gasteiger partial charge in [0.25, 0.3) is 0 Å². The lowest BCUT2D eigenvalue weighted by molar-refractivity contribution is 0.146. The molecule has 2 unspecified atom stereocenters. The first kappa shape index (κ1) is 15.1. The van der Waals surface area contributed by atoms with E-state index in [4.69, 9.17) is 9.47 Å². The highest BCUT2D eigenvalue weighted by Crippen LogP contribution is 2.30. The van der Waals surface area contributed by atoms with Gasteiger partial charge < -0.3 is 9.47 Å². The summed E-state index contributed by atoms with van der Waals surface area (Å²) in [6, 6.07) is 0. The van der Waals surface area contributed by atoms with E-state index in [1.165, 1.54) is 0 Å². The molecule has 1 heterocycles. The van der Waals surface area contributed by atoms with Crippen LogP contribution in [-0.4, -0.2) is 30.6 Å². The van der Waals surface area contributed by atoms with Crippen molar-refractivity contribution in [3.63, 3.8) is 0 Å². The number of hydrogen-bond donors (Lipinski definition) is 0. The maximum atomic E-state index is 5.48.